The van der Waals surface area contributed by atoms with Gasteiger partial charge in [0.05, 0.1) is 5.75 Å². The fraction of sp³-hybridized carbons (Fsp3) is 0.474. The number of pyridine rings is 2. The van der Waals surface area contributed by atoms with Crippen molar-refractivity contribution in [3.63, 3.8) is 0 Å². The number of sulfonamides is 1. The molecule has 0 amide bonds. The minimum absolute atomic E-state index is 0.116. The first-order valence-corrected chi connectivity index (χ1v) is 11.1. The standard InChI is InChI=1S/C19H26N6O2S/c1-19(13-21-15-23-19)14-28(26,27)25-9-7-24(8-10-25)18-5-4-17(12-22-18)16-3-2-6-20-11-16/h2-6,11-12,21,23H,7-10,13-15H2,1H3/t19-/m0/s1. The summed E-state index contributed by atoms with van der Waals surface area (Å²) in [6, 6.07) is 7.92. The minimum Gasteiger partial charge on any atom is -0.354 e. The molecule has 8 nitrogen and oxygen atoms in total. The number of anilines is 1. The second kappa shape index (κ2) is 7.75. The van der Waals surface area contributed by atoms with Crippen molar-refractivity contribution >= 4 is 15.8 Å². The Hall–Kier alpha value is -2.07. The van der Waals surface area contributed by atoms with Crippen molar-refractivity contribution in [2.24, 2.45) is 0 Å². The van der Waals surface area contributed by atoms with Crippen LogP contribution in [0.5, 0.6) is 0 Å². The lowest BCUT2D eigenvalue weighted by molar-refractivity contribution is 0.373. The third-order valence-corrected chi connectivity index (χ3v) is 7.51. The molecular weight excluding hydrogens is 376 g/mol. The lowest BCUT2D eigenvalue weighted by atomic mass is 10.1. The summed E-state index contributed by atoms with van der Waals surface area (Å²) in [7, 11) is -3.30. The summed E-state index contributed by atoms with van der Waals surface area (Å²) in [4.78, 5) is 10.8. The van der Waals surface area contributed by atoms with Crippen LogP contribution >= 0.6 is 0 Å². The first-order chi connectivity index (χ1) is 13.5. The van der Waals surface area contributed by atoms with E-state index in [0.717, 1.165) is 16.9 Å². The summed E-state index contributed by atoms with van der Waals surface area (Å²) in [6.45, 7) is 5.52. The Kier molecular flexibility index (Phi) is 5.33. The summed E-state index contributed by atoms with van der Waals surface area (Å²) < 4.78 is 27.2. The molecule has 4 heterocycles. The highest BCUT2D eigenvalue weighted by Crippen LogP contribution is 2.22. The molecule has 9 heteroatoms. The van der Waals surface area contributed by atoms with Crippen LogP contribution in [0.25, 0.3) is 11.1 Å². The van der Waals surface area contributed by atoms with Crippen LogP contribution in [0.1, 0.15) is 6.92 Å². The van der Waals surface area contributed by atoms with Gasteiger partial charge in [-0.2, -0.15) is 4.31 Å². The minimum atomic E-state index is -3.30. The quantitative estimate of drug-likeness (QED) is 0.753. The van der Waals surface area contributed by atoms with Crippen molar-refractivity contribution in [2.45, 2.75) is 12.5 Å². The molecule has 2 saturated heterocycles. The molecule has 1 atom stereocenters. The number of piperazine rings is 1. The van der Waals surface area contributed by atoms with E-state index < -0.39 is 15.6 Å². The highest BCUT2D eigenvalue weighted by atomic mass is 32.2. The first-order valence-electron chi connectivity index (χ1n) is 9.50. The molecule has 150 valence electrons. The fourth-order valence-corrected chi connectivity index (χ4v) is 5.66. The molecule has 0 bridgehead atoms. The predicted octanol–water partition coefficient (Wildman–Crippen LogP) is 0.504. The SMILES string of the molecule is C[C@@]1(CS(=O)(=O)N2CCN(c3ccc(-c4cccnc4)cn3)CC2)CNCN1. The van der Waals surface area contributed by atoms with Gasteiger partial charge >= 0.3 is 0 Å². The van der Waals surface area contributed by atoms with Crippen molar-refractivity contribution in [1.29, 1.82) is 0 Å². The molecule has 0 aliphatic carbocycles. The zero-order valence-corrected chi connectivity index (χ0v) is 16.8. The lowest BCUT2D eigenvalue weighted by Gasteiger charge is -2.36. The first kappa shape index (κ1) is 19.3. The second-order valence-electron chi connectivity index (χ2n) is 7.63. The maximum absolute atomic E-state index is 12.8. The average molecular weight is 403 g/mol. The highest BCUT2D eigenvalue weighted by molar-refractivity contribution is 7.89. The highest BCUT2D eigenvalue weighted by Gasteiger charge is 2.37. The van der Waals surface area contributed by atoms with Crippen LogP contribution in [0.15, 0.2) is 42.9 Å². The van der Waals surface area contributed by atoms with Gasteiger partial charge in [0, 0.05) is 74.6 Å². The van der Waals surface area contributed by atoms with E-state index in [4.69, 9.17) is 0 Å². The Morgan fingerprint density at radius 3 is 2.50 bits per heavy atom. The summed E-state index contributed by atoms with van der Waals surface area (Å²) in [5.41, 5.74) is 1.64. The van der Waals surface area contributed by atoms with Crippen LogP contribution in [0.2, 0.25) is 0 Å². The number of rotatable bonds is 5. The van der Waals surface area contributed by atoms with Crippen molar-refractivity contribution in [3.8, 4) is 11.1 Å². The van der Waals surface area contributed by atoms with Crippen LogP contribution in [-0.4, -0.2) is 73.4 Å². The van der Waals surface area contributed by atoms with Gasteiger partial charge < -0.3 is 10.2 Å². The summed E-state index contributed by atoms with van der Waals surface area (Å²) in [6.07, 6.45) is 5.41. The number of aromatic nitrogens is 2. The van der Waals surface area contributed by atoms with Crippen LogP contribution in [0.4, 0.5) is 5.82 Å². The van der Waals surface area contributed by atoms with E-state index in [-0.39, 0.29) is 5.75 Å². The van der Waals surface area contributed by atoms with E-state index in [1.54, 1.807) is 10.5 Å². The van der Waals surface area contributed by atoms with Gasteiger partial charge in [-0.3, -0.25) is 10.3 Å². The predicted molar refractivity (Wildman–Crippen MR) is 109 cm³/mol. The molecule has 0 aromatic carbocycles. The molecule has 4 rings (SSSR count). The van der Waals surface area contributed by atoms with Crippen LogP contribution in [0.3, 0.4) is 0 Å². The van der Waals surface area contributed by atoms with Gasteiger partial charge in [0.1, 0.15) is 5.82 Å². The molecule has 0 saturated carbocycles. The molecular formula is C19H26N6O2S. The van der Waals surface area contributed by atoms with Gasteiger partial charge in [-0.15, -0.1) is 0 Å². The van der Waals surface area contributed by atoms with E-state index in [2.05, 4.69) is 25.5 Å². The molecule has 2 aliphatic heterocycles. The van der Waals surface area contributed by atoms with Gasteiger partial charge in [-0.1, -0.05) is 6.07 Å². The van der Waals surface area contributed by atoms with Crippen LogP contribution < -0.4 is 15.5 Å². The normalized spacial score (nSPS) is 23.8. The van der Waals surface area contributed by atoms with Gasteiger partial charge in [0.15, 0.2) is 0 Å². The third-order valence-electron chi connectivity index (χ3n) is 5.36. The molecule has 2 aromatic heterocycles. The monoisotopic (exact) mass is 402 g/mol. The van der Waals surface area contributed by atoms with Crippen molar-refractivity contribution in [1.82, 2.24) is 24.9 Å². The van der Waals surface area contributed by atoms with E-state index in [0.29, 0.717) is 39.4 Å². The maximum atomic E-state index is 12.8. The lowest BCUT2D eigenvalue weighted by Crippen LogP contribution is -2.54. The molecule has 0 unspecified atom stereocenters. The summed E-state index contributed by atoms with van der Waals surface area (Å²) in [5.74, 6) is 0.990. The Morgan fingerprint density at radius 2 is 1.89 bits per heavy atom. The molecule has 28 heavy (non-hydrogen) atoms. The van der Waals surface area contributed by atoms with Crippen LogP contribution in [-0.2, 0) is 10.0 Å². The maximum Gasteiger partial charge on any atom is 0.216 e. The Balaban J connectivity index is 1.37. The van der Waals surface area contributed by atoms with E-state index in [1.165, 1.54) is 0 Å². The van der Waals surface area contributed by atoms with Gasteiger partial charge in [-0.25, -0.2) is 13.4 Å². The number of nitrogens with zero attached hydrogens (tertiary/aromatic N) is 4. The average Bonchev–Trinajstić information content (AvgIpc) is 3.14. The fourth-order valence-electron chi connectivity index (χ4n) is 3.75. The Bertz CT molecular complexity index is 890. The smallest absolute Gasteiger partial charge is 0.216 e. The number of nitrogens with one attached hydrogen (secondary N) is 2. The van der Waals surface area contributed by atoms with Gasteiger partial charge in [0.2, 0.25) is 10.0 Å². The van der Waals surface area contributed by atoms with Gasteiger partial charge in [-0.05, 0) is 25.1 Å². The van der Waals surface area contributed by atoms with E-state index in [1.807, 2.05) is 43.6 Å². The number of hydrogen-bond acceptors (Lipinski definition) is 7. The van der Waals surface area contributed by atoms with E-state index >= 15 is 0 Å². The molecule has 2 fully saturated rings. The second-order valence-corrected chi connectivity index (χ2v) is 9.60. The topological polar surface area (TPSA) is 90.5 Å². The number of hydrogen-bond donors (Lipinski definition) is 2. The molecule has 0 radical (unpaired) electrons. The zero-order chi connectivity index (χ0) is 19.6. The largest absolute Gasteiger partial charge is 0.354 e. The van der Waals surface area contributed by atoms with Crippen molar-refractivity contribution < 1.29 is 8.42 Å². The zero-order valence-electron chi connectivity index (χ0n) is 16.0. The molecule has 2 aliphatic rings. The van der Waals surface area contributed by atoms with E-state index in [9.17, 15) is 8.42 Å². The third kappa shape index (κ3) is 4.17. The summed E-state index contributed by atoms with van der Waals surface area (Å²) >= 11 is 0. The van der Waals surface area contributed by atoms with Crippen molar-refractivity contribution in [2.75, 3.05) is 50.0 Å². The Labute approximate surface area is 166 Å². The molecule has 0 spiro atoms. The van der Waals surface area contributed by atoms with Gasteiger partial charge in [0.25, 0.3) is 0 Å². The molecule has 2 N–H and O–H groups in total. The Morgan fingerprint density at radius 1 is 1.11 bits per heavy atom. The summed E-state index contributed by atoms with van der Waals surface area (Å²) in [5, 5.41) is 6.41. The molecule has 2 aromatic rings. The van der Waals surface area contributed by atoms with Crippen LogP contribution in [0, 0.1) is 0 Å². The van der Waals surface area contributed by atoms with Crippen molar-refractivity contribution in [3.05, 3.63) is 42.9 Å².